The van der Waals surface area contributed by atoms with Crippen molar-refractivity contribution in [3.05, 3.63) is 54.3 Å². The summed E-state index contributed by atoms with van der Waals surface area (Å²) in [4.78, 5) is 27.3. The van der Waals surface area contributed by atoms with E-state index in [4.69, 9.17) is 4.74 Å². The lowest BCUT2D eigenvalue weighted by Gasteiger charge is -2.35. The zero-order chi connectivity index (χ0) is 19.2. The average molecular weight is 371 g/mol. The predicted octanol–water partition coefficient (Wildman–Crippen LogP) is 2.51. The highest BCUT2D eigenvalue weighted by atomic mass is 19.1. The Balaban J connectivity index is 1.47. The molecule has 0 aliphatic carbocycles. The Morgan fingerprint density at radius 1 is 1.00 bits per heavy atom. The molecule has 7 heteroatoms. The summed E-state index contributed by atoms with van der Waals surface area (Å²) in [5.41, 5.74) is 1.58. The lowest BCUT2D eigenvalue weighted by atomic mass is 10.2. The molecule has 1 N–H and O–H groups in total. The van der Waals surface area contributed by atoms with E-state index in [1.807, 2.05) is 29.2 Å². The Morgan fingerprint density at radius 3 is 2.22 bits per heavy atom. The summed E-state index contributed by atoms with van der Waals surface area (Å²) in [6.45, 7) is 4.48. The third-order valence-electron chi connectivity index (χ3n) is 4.42. The number of benzene rings is 2. The number of rotatable bonds is 5. The highest BCUT2D eigenvalue weighted by molar-refractivity contribution is 5.91. The molecule has 0 spiro atoms. The highest BCUT2D eigenvalue weighted by Gasteiger charge is 2.18. The molecule has 2 aromatic carbocycles. The molecule has 1 aliphatic rings. The Bertz CT molecular complexity index is 785. The molecular formula is C20H22FN3O3. The van der Waals surface area contributed by atoms with Crippen LogP contribution in [0.25, 0.3) is 0 Å². The fourth-order valence-corrected chi connectivity index (χ4v) is 2.91. The van der Waals surface area contributed by atoms with Crippen molar-refractivity contribution in [2.24, 2.45) is 0 Å². The zero-order valence-corrected chi connectivity index (χ0v) is 15.2. The van der Waals surface area contributed by atoms with Crippen LogP contribution in [0.4, 0.5) is 15.8 Å². The van der Waals surface area contributed by atoms with Crippen molar-refractivity contribution >= 4 is 23.2 Å². The summed E-state index contributed by atoms with van der Waals surface area (Å²) in [7, 11) is 0. The average Bonchev–Trinajstić information content (AvgIpc) is 2.69. The van der Waals surface area contributed by atoms with Crippen LogP contribution >= 0.6 is 0 Å². The summed E-state index contributed by atoms with van der Waals surface area (Å²) in [5.74, 6) is 0.0331. The van der Waals surface area contributed by atoms with Crippen molar-refractivity contribution in [2.45, 2.75) is 6.92 Å². The van der Waals surface area contributed by atoms with Crippen LogP contribution in [0.3, 0.4) is 0 Å². The van der Waals surface area contributed by atoms with E-state index in [1.54, 1.807) is 6.92 Å². The number of halogens is 1. The first-order chi connectivity index (χ1) is 13.0. The quantitative estimate of drug-likeness (QED) is 0.877. The van der Waals surface area contributed by atoms with Crippen LogP contribution in [0, 0.1) is 5.82 Å². The van der Waals surface area contributed by atoms with Gasteiger partial charge in [-0.3, -0.25) is 9.59 Å². The smallest absolute Gasteiger partial charge is 0.262 e. The number of hydrogen-bond donors (Lipinski definition) is 1. The predicted molar refractivity (Wildman–Crippen MR) is 101 cm³/mol. The van der Waals surface area contributed by atoms with Gasteiger partial charge in [0.25, 0.3) is 5.91 Å². The first-order valence-electron chi connectivity index (χ1n) is 8.80. The molecule has 27 heavy (non-hydrogen) atoms. The molecule has 1 fully saturated rings. The van der Waals surface area contributed by atoms with E-state index < -0.39 is 0 Å². The van der Waals surface area contributed by atoms with Crippen molar-refractivity contribution in [3.8, 4) is 5.75 Å². The minimum absolute atomic E-state index is 0.109. The van der Waals surface area contributed by atoms with E-state index >= 15 is 0 Å². The van der Waals surface area contributed by atoms with Crippen LogP contribution in [-0.2, 0) is 9.59 Å². The van der Waals surface area contributed by atoms with Gasteiger partial charge in [-0.2, -0.15) is 0 Å². The number of nitrogens with zero attached hydrogens (tertiary/aromatic N) is 2. The van der Waals surface area contributed by atoms with E-state index in [0.29, 0.717) is 11.4 Å². The molecule has 0 bridgehead atoms. The number of nitrogens with one attached hydrogen (secondary N) is 1. The van der Waals surface area contributed by atoms with Crippen LogP contribution in [0.1, 0.15) is 6.92 Å². The molecule has 1 saturated heterocycles. The molecule has 1 aliphatic heterocycles. The van der Waals surface area contributed by atoms with Gasteiger partial charge in [0, 0.05) is 44.5 Å². The van der Waals surface area contributed by atoms with Crippen LogP contribution in [-0.4, -0.2) is 49.5 Å². The van der Waals surface area contributed by atoms with Crippen molar-refractivity contribution < 1.29 is 18.7 Å². The van der Waals surface area contributed by atoms with Gasteiger partial charge in [0.2, 0.25) is 5.91 Å². The molecule has 2 aromatic rings. The third kappa shape index (κ3) is 5.20. The van der Waals surface area contributed by atoms with Crippen molar-refractivity contribution in [3.63, 3.8) is 0 Å². The maximum absolute atomic E-state index is 12.9. The second-order valence-corrected chi connectivity index (χ2v) is 6.33. The molecule has 2 amide bonds. The Kier molecular flexibility index (Phi) is 5.90. The van der Waals surface area contributed by atoms with Crippen LogP contribution < -0.4 is 15.0 Å². The topological polar surface area (TPSA) is 61.9 Å². The molecule has 3 rings (SSSR count). The summed E-state index contributed by atoms with van der Waals surface area (Å²) in [5, 5.41) is 2.64. The zero-order valence-electron chi connectivity index (χ0n) is 15.2. The fraction of sp³-hybridized carbons (Fsp3) is 0.300. The lowest BCUT2D eigenvalue weighted by molar-refractivity contribution is -0.129. The maximum Gasteiger partial charge on any atom is 0.262 e. The van der Waals surface area contributed by atoms with Gasteiger partial charge in [-0.15, -0.1) is 0 Å². The van der Waals surface area contributed by atoms with Crippen LogP contribution in [0.2, 0.25) is 0 Å². The first-order valence-corrected chi connectivity index (χ1v) is 8.80. The van der Waals surface area contributed by atoms with Gasteiger partial charge < -0.3 is 19.9 Å². The van der Waals surface area contributed by atoms with E-state index in [1.165, 1.54) is 24.3 Å². The second-order valence-electron chi connectivity index (χ2n) is 6.33. The molecule has 1 heterocycles. The van der Waals surface area contributed by atoms with E-state index in [2.05, 4.69) is 10.2 Å². The minimum Gasteiger partial charge on any atom is -0.484 e. The van der Waals surface area contributed by atoms with Gasteiger partial charge in [0.1, 0.15) is 11.6 Å². The summed E-state index contributed by atoms with van der Waals surface area (Å²) in [6, 6.07) is 13.1. The minimum atomic E-state index is -0.355. The second kappa shape index (κ2) is 8.53. The molecule has 0 saturated carbocycles. The number of amides is 2. The van der Waals surface area contributed by atoms with Gasteiger partial charge >= 0.3 is 0 Å². The number of ether oxygens (including phenoxy) is 1. The van der Waals surface area contributed by atoms with Crippen molar-refractivity contribution in [1.82, 2.24) is 4.90 Å². The highest BCUT2D eigenvalue weighted by Crippen LogP contribution is 2.21. The molecule has 0 aromatic heterocycles. The Morgan fingerprint density at radius 2 is 1.63 bits per heavy atom. The number of hydrogen-bond acceptors (Lipinski definition) is 4. The number of carbonyl (C=O) groups is 2. The van der Waals surface area contributed by atoms with E-state index in [-0.39, 0.29) is 24.2 Å². The van der Waals surface area contributed by atoms with Crippen molar-refractivity contribution in [2.75, 3.05) is 43.0 Å². The molecular weight excluding hydrogens is 349 g/mol. The normalized spacial score (nSPS) is 14.0. The van der Waals surface area contributed by atoms with Gasteiger partial charge in [0.05, 0.1) is 0 Å². The molecule has 0 atom stereocenters. The monoisotopic (exact) mass is 371 g/mol. The van der Waals surface area contributed by atoms with Crippen molar-refractivity contribution in [1.29, 1.82) is 0 Å². The summed E-state index contributed by atoms with van der Waals surface area (Å²) < 4.78 is 18.4. The largest absolute Gasteiger partial charge is 0.484 e. The first kappa shape index (κ1) is 18.7. The maximum atomic E-state index is 12.9. The van der Waals surface area contributed by atoms with Gasteiger partial charge in [-0.25, -0.2) is 4.39 Å². The Hall–Kier alpha value is -3.09. The van der Waals surface area contributed by atoms with E-state index in [0.717, 1.165) is 31.9 Å². The molecule has 6 nitrogen and oxygen atoms in total. The molecule has 142 valence electrons. The summed E-state index contributed by atoms with van der Waals surface area (Å²) >= 11 is 0. The standard InChI is InChI=1S/C20H22FN3O3/c1-15(25)23-10-12-24(13-11-23)18-6-8-19(9-7-18)27-14-20(26)22-17-4-2-16(21)3-5-17/h2-9H,10-14H2,1H3,(H,22,26). The molecule has 0 unspecified atom stereocenters. The van der Waals surface area contributed by atoms with Gasteiger partial charge in [0.15, 0.2) is 6.61 Å². The number of carbonyl (C=O) groups excluding carboxylic acids is 2. The SMILES string of the molecule is CC(=O)N1CCN(c2ccc(OCC(=O)Nc3ccc(F)cc3)cc2)CC1. The Labute approximate surface area is 157 Å². The van der Waals surface area contributed by atoms with Gasteiger partial charge in [-0.1, -0.05) is 0 Å². The third-order valence-corrected chi connectivity index (χ3v) is 4.42. The lowest BCUT2D eigenvalue weighted by Crippen LogP contribution is -2.48. The van der Waals surface area contributed by atoms with E-state index in [9.17, 15) is 14.0 Å². The molecule has 0 radical (unpaired) electrons. The number of piperazine rings is 1. The summed E-state index contributed by atoms with van der Waals surface area (Å²) in [6.07, 6.45) is 0. The van der Waals surface area contributed by atoms with Crippen LogP contribution in [0.5, 0.6) is 5.75 Å². The fourth-order valence-electron chi connectivity index (χ4n) is 2.91. The van der Waals surface area contributed by atoms with Crippen LogP contribution in [0.15, 0.2) is 48.5 Å². The number of anilines is 2. The van der Waals surface area contributed by atoms with Gasteiger partial charge in [-0.05, 0) is 48.5 Å².